The summed E-state index contributed by atoms with van der Waals surface area (Å²) in [4.78, 5) is 5.14. The molecule has 1 aromatic carbocycles. The van der Waals surface area contributed by atoms with Crippen LogP contribution in [0.1, 0.15) is 18.9 Å². The molecular formula is C14H18FN3S. The van der Waals surface area contributed by atoms with Crippen molar-refractivity contribution >= 4 is 11.8 Å². The molecule has 19 heavy (non-hydrogen) atoms. The summed E-state index contributed by atoms with van der Waals surface area (Å²) in [5, 5.41) is 0.844. The van der Waals surface area contributed by atoms with E-state index in [0.717, 1.165) is 16.5 Å². The van der Waals surface area contributed by atoms with E-state index in [-0.39, 0.29) is 11.9 Å². The maximum absolute atomic E-state index is 14.0. The molecule has 3 nitrogen and oxygen atoms in total. The molecule has 0 aliphatic rings. The van der Waals surface area contributed by atoms with Crippen molar-refractivity contribution in [3.63, 3.8) is 0 Å². The van der Waals surface area contributed by atoms with Crippen molar-refractivity contribution in [1.29, 1.82) is 0 Å². The number of benzene rings is 1. The smallest absolute Gasteiger partial charge is 0.172 e. The lowest BCUT2D eigenvalue weighted by molar-refractivity contribution is 0.571. The highest BCUT2D eigenvalue weighted by atomic mass is 32.2. The summed E-state index contributed by atoms with van der Waals surface area (Å²) in [6, 6.07) is 5.11. The van der Waals surface area contributed by atoms with Gasteiger partial charge in [0, 0.05) is 35.9 Å². The van der Waals surface area contributed by atoms with Gasteiger partial charge >= 0.3 is 0 Å². The first-order valence-electron chi connectivity index (χ1n) is 6.30. The van der Waals surface area contributed by atoms with Crippen LogP contribution in [0.25, 0.3) is 0 Å². The molecular weight excluding hydrogens is 261 g/mol. The van der Waals surface area contributed by atoms with Gasteiger partial charge in [0.1, 0.15) is 5.82 Å². The third-order valence-corrected chi connectivity index (χ3v) is 4.22. The van der Waals surface area contributed by atoms with Gasteiger partial charge in [-0.15, -0.1) is 0 Å². The van der Waals surface area contributed by atoms with Crippen LogP contribution in [0.5, 0.6) is 0 Å². The molecule has 1 atom stereocenters. The van der Waals surface area contributed by atoms with E-state index < -0.39 is 0 Å². The summed E-state index contributed by atoms with van der Waals surface area (Å²) in [5.74, 6) is -0.192. The highest BCUT2D eigenvalue weighted by Gasteiger charge is 2.14. The van der Waals surface area contributed by atoms with Crippen LogP contribution in [0, 0.1) is 5.82 Å². The highest BCUT2D eigenvalue weighted by molar-refractivity contribution is 7.99. The Balaban J connectivity index is 2.29. The van der Waals surface area contributed by atoms with E-state index in [1.165, 1.54) is 17.8 Å². The highest BCUT2D eigenvalue weighted by Crippen LogP contribution is 2.31. The van der Waals surface area contributed by atoms with Gasteiger partial charge in [-0.25, -0.2) is 9.37 Å². The van der Waals surface area contributed by atoms with E-state index in [1.807, 2.05) is 30.8 Å². The quantitative estimate of drug-likeness (QED) is 0.915. The van der Waals surface area contributed by atoms with Gasteiger partial charge in [0.05, 0.1) is 0 Å². The summed E-state index contributed by atoms with van der Waals surface area (Å²) in [6.45, 7) is 2.01. The summed E-state index contributed by atoms with van der Waals surface area (Å²) >= 11 is 1.47. The van der Waals surface area contributed by atoms with Gasteiger partial charge in [0.25, 0.3) is 0 Å². The number of halogens is 1. The van der Waals surface area contributed by atoms with Crippen molar-refractivity contribution in [2.75, 3.05) is 0 Å². The molecule has 0 bridgehead atoms. The molecule has 2 aromatic rings. The van der Waals surface area contributed by atoms with Crippen LogP contribution < -0.4 is 5.73 Å². The fourth-order valence-corrected chi connectivity index (χ4v) is 2.75. The van der Waals surface area contributed by atoms with Gasteiger partial charge in [0.15, 0.2) is 5.16 Å². The number of aromatic nitrogens is 2. The summed E-state index contributed by atoms with van der Waals surface area (Å²) < 4.78 is 15.9. The normalized spacial score (nSPS) is 12.6. The number of nitrogens with zero attached hydrogens (tertiary/aromatic N) is 2. The first kappa shape index (κ1) is 14.1. The van der Waals surface area contributed by atoms with E-state index in [2.05, 4.69) is 4.98 Å². The van der Waals surface area contributed by atoms with Crippen molar-refractivity contribution in [3.8, 4) is 0 Å². The number of imidazole rings is 1. The van der Waals surface area contributed by atoms with Crippen LogP contribution in [0.2, 0.25) is 0 Å². The van der Waals surface area contributed by atoms with Crippen molar-refractivity contribution in [2.45, 2.75) is 35.9 Å². The van der Waals surface area contributed by atoms with Crippen LogP contribution in [0.3, 0.4) is 0 Å². The second kappa shape index (κ2) is 6.21. The second-order valence-corrected chi connectivity index (χ2v) is 5.52. The molecule has 0 amide bonds. The molecule has 0 fully saturated rings. The molecule has 102 valence electrons. The van der Waals surface area contributed by atoms with Gasteiger partial charge < -0.3 is 10.3 Å². The maximum Gasteiger partial charge on any atom is 0.172 e. The van der Waals surface area contributed by atoms with E-state index in [0.29, 0.717) is 12.0 Å². The summed E-state index contributed by atoms with van der Waals surface area (Å²) in [7, 11) is 1.92. The zero-order valence-electron chi connectivity index (χ0n) is 11.1. The Hall–Kier alpha value is -1.33. The average Bonchev–Trinajstić information content (AvgIpc) is 2.79. The second-order valence-electron chi connectivity index (χ2n) is 4.51. The third-order valence-electron chi connectivity index (χ3n) is 3.04. The minimum absolute atomic E-state index is 0.0161. The fraction of sp³-hybridized carbons (Fsp3) is 0.357. The van der Waals surface area contributed by atoms with Gasteiger partial charge in [-0.3, -0.25) is 0 Å². The van der Waals surface area contributed by atoms with Gasteiger partial charge in [-0.05, 0) is 25.0 Å². The SMILES string of the molecule is CCC(N)Cc1c(F)cccc1Sc1nccn1C. The molecule has 0 saturated heterocycles. The Kier molecular flexibility index (Phi) is 4.61. The maximum atomic E-state index is 14.0. The third kappa shape index (κ3) is 3.36. The minimum atomic E-state index is -0.192. The van der Waals surface area contributed by atoms with Crippen molar-refractivity contribution < 1.29 is 4.39 Å². The van der Waals surface area contributed by atoms with E-state index in [9.17, 15) is 4.39 Å². The average molecular weight is 279 g/mol. The van der Waals surface area contributed by atoms with Crippen LogP contribution in [0.4, 0.5) is 4.39 Å². The predicted molar refractivity (Wildman–Crippen MR) is 75.7 cm³/mol. The van der Waals surface area contributed by atoms with Crippen molar-refractivity contribution in [1.82, 2.24) is 9.55 Å². The van der Waals surface area contributed by atoms with Gasteiger partial charge in [-0.1, -0.05) is 24.8 Å². The van der Waals surface area contributed by atoms with E-state index in [1.54, 1.807) is 12.3 Å². The van der Waals surface area contributed by atoms with Gasteiger partial charge in [0.2, 0.25) is 0 Å². The van der Waals surface area contributed by atoms with Crippen molar-refractivity contribution in [2.24, 2.45) is 12.8 Å². The lowest BCUT2D eigenvalue weighted by Crippen LogP contribution is -2.22. The van der Waals surface area contributed by atoms with Crippen LogP contribution in [-0.2, 0) is 13.5 Å². The number of hydrogen-bond donors (Lipinski definition) is 1. The number of aryl methyl sites for hydroxylation is 1. The molecule has 1 unspecified atom stereocenters. The van der Waals surface area contributed by atoms with Crippen LogP contribution in [0.15, 0.2) is 40.6 Å². The molecule has 2 rings (SSSR count). The molecule has 5 heteroatoms. The Morgan fingerprint density at radius 1 is 1.47 bits per heavy atom. The summed E-state index contributed by atoms with van der Waals surface area (Å²) in [5.41, 5.74) is 6.63. The zero-order chi connectivity index (χ0) is 13.8. The Bertz CT molecular complexity index is 553. The summed E-state index contributed by atoms with van der Waals surface area (Å²) in [6.07, 6.45) is 4.99. The molecule has 0 spiro atoms. The molecule has 0 aliphatic carbocycles. The zero-order valence-corrected chi connectivity index (χ0v) is 12.0. The van der Waals surface area contributed by atoms with Crippen LogP contribution >= 0.6 is 11.8 Å². The van der Waals surface area contributed by atoms with E-state index in [4.69, 9.17) is 5.73 Å². The lowest BCUT2D eigenvalue weighted by atomic mass is 10.0. The Morgan fingerprint density at radius 3 is 2.89 bits per heavy atom. The molecule has 1 aromatic heterocycles. The standard InChI is InChI=1S/C14H18FN3S/c1-3-10(16)9-11-12(15)5-4-6-13(11)19-14-17-7-8-18(14)2/h4-8,10H,3,9,16H2,1-2H3. The molecule has 0 aliphatic heterocycles. The monoisotopic (exact) mass is 279 g/mol. The Morgan fingerprint density at radius 2 is 2.26 bits per heavy atom. The van der Waals surface area contributed by atoms with Crippen LogP contribution in [-0.4, -0.2) is 15.6 Å². The van der Waals surface area contributed by atoms with Gasteiger partial charge in [-0.2, -0.15) is 0 Å². The number of hydrogen-bond acceptors (Lipinski definition) is 3. The minimum Gasteiger partial charge on any atom is -0.329 e. The molecule has 0 radical (unpaired) electrons. The number of nitrogens with two attached hydrogens (primary N) is 1. The number of rotatable bonds is 5. The molecule has 2 N–H and O–H groups in total. The lowest BCUT2D eigenvalue weighted by Gasteiger charge is -2.13. The largest absolute Gasteiger partial charge is 0.329 e. The Labute approximate surface area is 117 Å². The first-order chi connectivity index (χ1) is 9.11. The fourth-order valence-electron chi connectivity index (χ4n) is 1.79. The molecule has 1 heterocycles. The topological polar surface area (TPSA) is 43.8 Å². The first-order valence-corrected chi connectivity index (χ1v) is 7.11. The molecule has 0 saturated carbocycles. The van der Waals surface area contributed by atoms with E-state index >= 15 is 0 Å². The van der Waals surface area contributed by atoms with Crippen molar-refractivity contribution in [3.05, 3.63) is 42.0 Å². The predicted octanol–water partition coefficient (Wildman–Crippen LogP) is 2.99.